The molecular weight excluding hydrogens is 358 g/mol. The van der Waals surface area contributed by atoms with Gasteiger partial charge in [0.25, 0.3) is 0 Å². The van der Waals surface area contributed by atoms with E-state index in [0.717, 1.165) is 16.2 Å². The summed E-state index contributed by atoms with van der Waals surface area (Å²) in [6.07, 6.45) is 1.08. The highest BCUT2D eigenvalue weighted by atomic mass is 32.2. The number of nitrogens with one attached hydrogen (secondary N) is 1. The molecule has 1 aromatic heterocycles. The number of rotatable bonds is 6. The molecule has 1 amide bonds. The van der Waals surface area contributed by atoms with Gasteiger partial charge in [-0.25, -0.2) is 8.42 Å². The normalized spacial score (nSPS) is 20.1. The third-order valence-electron chi connectivity index (χ3n) is 4.40. The lowest BCUT2D eigenvalue weighted by atomic mass is 9.93. The lowest BCUT2D eigenvalue weighted by molar-refractivity contribution is -0.123. The first kappa shape index (κ1) is 17.9. The third kappa shape index (κ3) is 4.61. The average Bonchev–Trinajstić information content (AvgIpc) is 3.22. The van der Waals surface area contributed by atoms with Gasteiger partial charge in [-0.05, 0) is 42.0 Å². The fourth-order valence-corrected chi connectivity index (χ4v) is 5.46. The van der Waals surface area contributed by atoms with Gasteiger partial charge < -0.3 is 10.1 Å². The molecule has 0 bridgehead atoms. The van der Waals surface area contributed by atoms with Crippen LogP contribution in [-0.2, 0) is 21.1 Å². The van der Waals surface area contributed by atoms with Crippen molar-refractivity contribution in [2.75, 3.05) is 18.6 Å². The summed E-state index contributed by atoms with van der Waals surface area (Å²) in [4.78, 5) is 14.0. The van der Waals surface area contributed by atoms with Crippen LogP contribution in [0.3, 0.4) is 0 Å². The topological polar surface area (TPSA) is 72.5 Å². The molecule has 0 aliphatic carbocycles. The van der Waals surface area contributed by atoms with Crippen molar-refractivity contribution < 1.29 is 17.9 Å². The molecule has 25 heavy (non-hydrogen) atoms. The molecule has 1 aromatic carbocycles. The average molecular weight is 380 g/mol. The van der Waals surface area contributed by atoms with Crippen molar-refractivity contribution in [1.29, 1.82) is 0 Å². The SMILES string of the molecule is COc1ccc(C(Cc2cccs2)C(=O)NC2CCS(=O)(=O)C2)cc1. The Labute approximate surface area is 151 Å². The molecule has 1 saturated heterocycles. The summed E-state index contributed by atoms with van der Waals surface area (Å²) in [6, 6.07) is 11.1. The Morgan fingerprint density at radius 2 is 2.08 bits per heavy atom. The summed E-state index contributed by atoms with van der Waals surface area (Å²) in [7, 11) is -1.42. The Kier molecular flexibility index (Phi) is 5.44. The number of carbonyl (C=O) groups excluding carboxylic acids is 1. The van der Waals surface area contributed by atoms with Crippen molar-refractivity contribution in [3.63, 3.8) is 0 Å². The van der Waals surface area contributed by atoms with Gasteiger partial charge in [0, 0.05) is 10.9 Å². The standard InChI is InChI=1S/C18H21NO4S2/c1-23-15-6-4-13(5-7-15)17(11-16-3-2-9-24-16)18(20)19-14-8-10-25(21,22)12-14/h2-7,9,14,17H,8,10-12H2,1H3,(H,19,20). The van der Waals surface area contributed by atoms with Crippen LogP contribution in [0.15, 0.2) is 41.8 Å². The number of ether oxygens (including phenoxy) is 1. The second-order valence-corrected chi connectivity index (χ2v) is 9.48. The molecule has 2 heterocycles. The molecule has 0 radical (unpaired) electrons. The van der Waals surface area contributed by atoms with Gasteiger partial charge in [0.2, 0.25) is 5.91 Å². The lowest BCUT2D eigenvalue weighted by Gasteiger charge is -2.19. The molecular formula is C18H21NO4S2. The van der Waals surface area contributed by atoms with E-state index >= 15 is 0 Å². The summed E-state index contributed by atoms with van der Waals surface area (Å²) >= 11 is 1.61. The molecule has 5 nitrogen and oxygen atoms in total. The summed E-state index contributed by atoms with van der Waals surface area (Å²) in [5, 5.41) is 4.92. The molecule has 1 fully saturated rings. The lowest BCUT2D eigenvalue weighted by Crippen LogP contribution is -2.39. The third-order valence-corrected chi connectivity index (χ3v) is 7.07. The summed E-state index contributed by atoms with van der Waals surface area (Å²) in [5.41, 5.74) is 0.896. The summed E-state index contributed by atoms with van der Waals surface area (Å²) < 4.78 is 28.4. The number of methoxy groups -OCH3 is 1. The molecule has 3 rings (SSSR count). The molecule has 1 aliphatic heterocycles. The van der Waals surface area contributed by atoms with Crippen molar-refractivity contribution in [2.24, 2.45) is 0 Å². The van der Waals surface area contributed by atoms with Crippen molar-refractivity contribution in [1.82, 2.24) is 5.32 Å². The molecule has 7 heteroatoms. The van der Waals surface area contributed by atoms with E-state index in [-0.39, 0.29) is 29.4 Å². The summed E-state index contributed by atoms with van der Waals surface area (Å²) in [5.74, 6) is 0.442. The van der Waals surface area contributed by atoms with Crippen LogP contribution in [0.2, 0.25) is 0 Å². The van der Waals surface area contributed by atoms with Gasteiger partial charge in [-0.1, -0.05) is 18.2 Å². The van der Waals surface area contributed by atoms with E-state index in [1.807, 2.05) is 41.8 Å². The Morgan fingerprint density at radius 1 is 1.32 bits per heavy atom. The van der Waals surface area contributed by atoms with E-state index in [9.17, 15) is 13.2 Å². The molecule has 2 atom stereocenters. The molecule has 134 valence electrons. The number of hydrogen-bond donors (Lipinski definition) is 1. The highest BCUT2D eigenvalue weighted by molar-refractivity contribution is 7.91. The zero-order chi connectivity index (χ0) is 17.9. The highest BCUT2D eigenvalue weighted by Crippen LogP contribution is 2.26. The van der Waals surface area contributed by atoms with E-state index in [1.165, 1.54) is 0 Å². The smallest absolute Gasteiger partial charge is 0.228 e. The predicted octanol–water partition coefficient (Wildman–Crippen LogP) is 2.39. The monoisotopic (exact) mass is 379 g/mol. The molecule has 1 N–H and O–H groups in total. The minimum absolute atomic E-state index is 0.0348. The van der Waals surface area contributed by atoms with E-state index in [4.69, 9.17) is 4.74 Å². The van der Waals surface area contributed by atoms with Gasteiger partial charge in [0.1, 0.15) is 5.75 Å². The maximum atomic E-state index is 12.9. The molecule has 1 aliphatic rings. The number of carbonyl (C=O) groups is 1. The van der Waals surface area contributed by atoms with Crippen molar-refractivity contribution in [3.05, 3.63) is 52.2 Å². The second-order valence-electron chi connectivity index (χ2n) is 6.22. The maximum absolute atomic E-state index is 12.9. The van der Waals surface area contributed by atoms with Crippen LogP contribution in [0.4, 0.5) is 0 Å². The Hall–Kier alpha value is -1.86. The van der Waals surface area contributed by atoms with E-state index in [2.05, 4.69) is 5.32 Å². The van der Waals surface area contributed by atoms with Gasteiger partial charge in [-0.3, -0.25) is 4.79 Å². The van der Waals surface area contributed by atoms with Gasteiger partial charge in [0.15, 0.2) is 9.84 Å². The molecule has 2 unspecified atom stereocenters. The van der Waals surface area contributed by atoms with Crippen molar-refractivity contribution >= 4 is 27.1 Å². The first-order chi connectivity index (χ1) is 12.0. The Bertz CT molecular complexity index is 813. The van der Waals surface area contributed by atoms with Crippen LogP contribution < -0.4 is 10.1 Å². The van der Waals surface area contributed by atoms with Crippen molar-refractivity contribution in [3.8, 4) is 5.75 Å². The number of thiophene rings is 1. The van der Waals surface area contributed by atoms with Crippen LogP contribution in [0, 0.1) is 0 Å². The van der Waals surface area contributed by atoms with E-state index < -0.39 is 9.84 Å². The number of hydrogen-bond acceptors (Lipinski definition) is 5. The summed E-state index contributed by atoms with van der Waals surface area (Å²) in [6.45, 7) is 0. The van der Waals surface area contributed by atoms with Gasteiger partial charge in [0.05, 0.1) is 24.5 Å². The Balaban J connectivity index is 1.78. The van der Waals surface area contributed by atoms with Crippen LogP contribution in [0.1, 0.15) is 22.8 Å². The maximum Gasteiger partial charge on any atom is 0.228 e. The zero-order valence-corrected chi connectivity index (χ0v) is 15.6. The van der Waals surface area contributed by atoms with Gasteiger partial charge >= 0.3 is 0 Å². The fraction of sp³-hybridized carbons (Fsp3) is 0.389. The molecule has 0 saturated carbocycles. The van der Waals surface area contributed by atoms with Crippen LogP contribution in [0.5, 0.6) is 5.75 Å². The molecule has 0 spiro atoms. The van der Waals surface area contributed by atoms with Crippen molar-refractivity contribution in [2.45, 2.75) is 24.8 Å². The number of sulfone groups is 1. The largest absolute Gasteiger partial charge is 0.497 e. The van der Waals surface area contributed by atoms with Gasteiger partial charge in [-0.15, -0.1) is 11.3 Å². The zero-order valence-electron chi connectivity index (χ0n) is 14.0. The van der Waals surface area contributed by atoms with E-state index in [0.29, 0.717) is 12.8 Å². The van der Waals surface area contributed by atoms with Crippen LogP contribution >= 0.6 is 11.3 Å². The first-order valence-electron chi connectivity index (χ1n) is 8.14. The number of benzene rings is 1. The predicted molar refractivity (Wildman–Crippen MR) is 99.0 cm³/mol. The highest BCUT2D eigenvalue weighted by Gasteiger charge is 2.31. The second kappa shape index (κ2) is 7.58. The van der Waals surface area contributed by atoms with Crippen LogP contribution in [-0.4, -0.2) is 39.0 Å². The minimum atomic E-state index is -3.02. The quantitative estimate of drug-likeness (QED) is 0.836. The van der Waals surface area contributed by atoms with Crippen LogP contribution in [0.25, 0.3) is 0 Å². The molecule has 2 aromatic rings. The first-order valence-corrected chi connectivity index (χ1v) is 10.8. The van der Waals surface area contributed by atoms with E-state index in [1.54, 1.807) is 18.4 Å². The minimum Gasteiger partial charge on any atom is -0.497 e. The Morgan fingerprint density at radius 3 is 2.64 bits per heavy atom. The number of amides is 1. The van der Waals surface area contributed by atoms with Gasteiger partial charge in [-0.2, -0.15) is 0 Å². The fourth-order valence-electron chi connectivity index (χ4n) is 3.04.